The van der Waals surface area contributed by atoms with Crippen LogP contribution in [0, 0.1) is 0 Å². The number of hydrogen-bond acceptors (Lipinski definition) is 2. The fraction of sp³-hybridized carbons (Fsp3) is 0.143. The number of benzene rings is 1. The summed E-state index contributed by atoms with van der Waals surface area (Å²) in [6.07, 6.45) is 0. The molecule has 0 fully saturated rings. The van der Waals surface area contributed by atoms with Crippen molar-refractivity contribution in [2.24, 2.45) is 0 Å². The van der Waals surface area contributed by atoms with Crippen molar-refractivity contribution in [3.8, 4) is 5.75 Å². The molecular formula is C7H9AsO3. The van der Waals surface area contributed by atoms with Gasteiger partial charge in [-0.15, -0.1) is 0 Å². The minimum absolute atomic E-state index is 0.109. The Hall–Kier alpha value is -0.662. The molecule has 1 unspecified atom stereocenters. The SMILES string of the molecule is C[As](=O)(O)c1ccc(O)cc1. The molecule has 0 saturated carbocycles. The summed E-state index contributed by atoms with van der Waals surface area (Å²) in [5, 5.41) is 8.86. The first kappa shape index (κ1) is 8.44. The second kappa shape index (κ2) is 2.76. The van der Waals surface area contributed by atoms with E-state index >= 15 is 0 Å². The van der Waals surface area contributed by atoms with Crippen LogP contribution in [0.4, 0.5) is 0 Å². The van der Waals surface area contributed by atoms with Gasteiger partial charge in [-0.05, 0) is 0 Å². The van der Waals surface area contributed by atoms with Gasteiger partial charge in [0.15, 0.2) is 0 Å². The van der Waals surface area contributed by atoms with E-state index in [1.165, 1.54) is 30.0 Å². The van der Waals surface area contributed by atoms with Gasteiger partial charge in [-0.3, -0.25) is 0 Å². The molecular weight excluding hydrogens is 207 g/mol. The van der Waals surface area contributed by atoms with E-state index in [4.69, 9.17) is 9.20 Å². The van der Waals surface area contributed by atoms with Gasteiger partial charge < -0.3 is 0 Å². The summed E-state index contributed by atoms with van der Waals surface area (Å²) in [5.74, 6) is 0.109. The van der Waals surface area contributed by atoms with Crippen molar-refractivity contribution in [2.75, 3.05) is 0 Å². The number of phenolic OH excluding ortho intramolecular Hbond substituents is 1. The quantitative estimate of drug-likeness (QED) is 0.654. The number of aromatic hydroxyl groups is 1. The van der Waals surface area contributed by atoms with Gasteiger partial charge in [0.2, 0.25) is 0 Å². The average Bonchev–Trinajstić information content (AvgIpc) is 1.86. The fourth-order valence-corrected chi connectivity index (χ4v) is 2.20. The van der Waals surface area contributed by atoms with Gasteiger partial charge in [-0.25, -0.2) is 0 Å². The molecule has 0 heterocycles. The number of rotatable bonds is 1. The predicted molar refractivity (Wildman–Crippen MR) is 42.3 cm³/mol. The zero-order valence-electron chi connectivity index (χ0n) is 6.06. The molecule has 0 bridgehead atoms. The molecule has 0 radical (unpaired) electrons. The molecule has 60 valence electrons. The van der Waals surface area contributed by atoms with Gasteiger partial charge in [0.1, 0.15) is 0 Å². The van der Waals surface area contributed by atoms with Gasteiger partial charge in [0.25, 0.3) is 0 Å². The van der Waals surface area contributed by atoms with Crippen LogP contribution in [0.25, 0.3) is 0 Å². The molecule has 0 amide bonds. The second-order valence-corrected chi connectivity index (χ2v) is 7.17. The van der Waals surface area contributed by atoms with Crippen molar-refractivity contribution in [1.29, 1.82) is 0 Å². The third-order valence-electron chi connectivity index (χ3n) is 1.33. The number of phenols is 1. The second-order valence-electron chi connectivity index (χ2n) is 2.40. The van der Waals surface area contributed by atoms with E-state index in [0.29, 0.717) is 4.35 Å². The molecule has 1 aromatic rings. The first-order valence-electron chi connectivity index (χ1n) is 3.10. The van der Waals surface area contributed by atoms with Crippen molar-refractivity contribution in [3.63, 3.8) is 0 Å². The maximum atomic E-state index is 11.1. The van der Waals surface area contributed by atoms with E-state index in [1.54, 1.807) is 0 Å². The van der Waals surface area contributed by atoms with E-state index in [1.807, 2.05) is 0 Å². The van der Waals surface area contributed by atoms with Crippen molar-refractivity contribution >= 4 is 18.2 Å². The van der Waals surface area contributed by atoms with E-state index in [-0.39, 0.29) is 5.75 Å². The summed E-state index contributed by atoms with van der Waals surface area (Å²) in [4.78, 5) is 0. The Morgan fingerprint density at radius 3 is 2.09 bits per heavy atom. The Balaban J connectivity index is 3.09. The molecule has 0 saturated heterocycles. The average molecular weight is 216 g/mol. The van der Waals surface area contributed by atoms with Gasteiger partial charge >= 0.3 is 66.9 Å². The van der Waals surface area contributed by atoms with Crippen LogP contribution in [0.1, 0.15) is 0 Å². The van der Waals surface area contributed by atoms with Crippen LogP contribution in [0.2, 0.25) is 5.71 Å². The summed E-state index contributed by atoms with van der Waals surface area (Å²) in [7, 11) is 0. The van der Waals surface area contributed by atoms with Crippen LogP contribution >= 0.6 is 0 Å². The van der Waals surface area contributed by atoms with E-state index in [2.05, 4.69) is 0 Å². The molecule has 4 heteroatoms. The zero-order valence-corrected chi connectivity index (χ0v) is 7.94. The van der Waals surface area contributed by atoms with Crippen LogP contribution in [-0.4, -0.2) is 23.0 Å². The first-order chi connectivity index (χ1) is 5.00. The maximum absolute atomic E-state index is 11.1. The van der Waals surface area contributed by atoms with E-state index < -0.39 is 13.8 Å². The molecule has 1 rings (SSSR count). The Morgan fingerprint density at radius 2 is 1.73 bits per heavy atom. The van der Waals surface area contributed by atoms with E-state index in [9.17, 15) is 3.74 Å². The molecule has 0 aliphatic carbocycles. The van der Waals surface area contributed by atoms with Gasteiger partial charge in [0.05, 0.1) is 0 Å². The minimum atomic E-state index is -3.74. The van der Waals surface area contributed by atoms with Crippen molar-refractivity contribution in [2.45, 2.75) is 5.71 Å². The number of hydrogen-bond donors (Lipinski definition) is 2. The Labute approximate surface area is 67.3 Å². The monoisotopic (exact) mass is 216 g/mol. The third kappa shape index (κ3) is 2.14. The third-order valence-corrected chi connectivity index (χ3v) is 3.96. The Morgan fingerprint density at radius 1 is 1.27 bits per heavy atom. The standard InChI is InChI=1S/C7H9AsO3/c1-8(10,11)6-2-4-7(9)5-3-6/h2-5,9H,1H3,(H,10,11). The van der Waals surface area contributed by atoms with Crippen molar-refractivity contribution in [1.82, 2.24) is 0 Å². The molecule has 11 heavy (non-hydrogen) atoms. The zero-order chi connectivity index (χ0) is 8.48. The fourth-order valence-electron chi connectivity index (χ4n) is 0.729. The summed E-state index contributed by atoms with van der Waals surface area (Å²) in [5.41, 5.74) is 1.32. The molecule has 0 aliphatic heterocycles. The summed E-state index contributed by atoms with van der Waals surface area (Å²) in [6.45, 7) is 0. The molecule has 2 N–H and O–H groups in total. The van der Waals surface area contributed by atoms with Crippen LogP contribution in [0.15, 0.2) is 24.3 Å². The molecule has 0 aromatic heterocycles. The van der Waals surface area contributed by atoms with Crippen LogP contribution in [-0.2, 0) is 3.74 Å². The molecule has 0 spiro atoms. The van der Waals surface area contributed by atoms with Gasteiger partial charge in [0, 0.05) is 0 Å². The van der Waals surface area contributed by atoms with Crippen LogP contribution in [0.3, 0.4) is 0 Å². The molecule has 3 nitrogen and oxygen atoms in total. The Kier molecular flexibility index (Phi) is 2.12. The summed E-state index contributed by atoms with van der Waals surface area (Å²) < 4.78 is 20.6. The topological polar surface area (TPSA) is 57.5 Å². The summed E-state index contributed by atoms with van der Waals surface area (Å²) >= 11 is -3.74. The summed E-state index contributed by atoms with van der Waals surface area (Å²) in [6, 6.07) is 5.75. The molecule has 0 aliphatic rings. The first-order valence-corrected chi connectivity index (χ1v) is 7.52. The molecule has 1 atom stereocenters. The van der Waals surface area contributed by atoms with Crippen LogP contribution < -0.4 is 4.35 Å². The van der Waals surface area contributed by atoms with Crippen LogP contribution in [0.5, 0.6) is 5.75 Å². The van der Waals surface area contributed by atoms with Crippen molar-refractivity contribution in [3.05, 3.63) is 24.3 Å². The Bertz CT molecular complexity index is 285. The van der Waals surface area contributed by atoms with Gasteiger partial charge in [-0.1, -0.05) is 0 Å². The molecule has 1 aromatic carbocycles. The van der Waals surface area contributed by atoms with E-state index in [0.717, 1.165) is 0 Å². The normalized spacial score (nSPS) is 15.8. The van der Waals surface area contributed by atoms with Gasteiger partial charge in [-0.2, -0.15) is 0 Å². The van der Waals surface area contributed by atoms with Crippen molar-refractivity contribution < 1.29 is 12.9 Å². The predicted octanol–water partition coefficient (Wildman–Crippen LogP) is 0.0940.